The fourth-order valence-corrected chi connectivity index (χ4v) is 2.09. The molecule has 0 aliphatic carbocycles. The zero-order valence-corrected chi connectivity index (χ0v) is 11.0. The number of carbonyl (C=O) groups is 1. The number of nitrogens with one attached hydrogen (secondary N) is 1. The predicted molar refractivity (Wildman–Crippen MR) is 71.5 cm³/mol. The third-order valence-electron chi connectivity index (χ3n) is 3.19. The summed E-state index contributed by atoms with van der Waals surface area (Å²) >= 11 is 0. The number of hydrogen-bond donors (Lipinski definition) is 1. The van der Waals surface area contributed by atoms with Gasteiger partial charge in [-0.15, -0.1) is 0 Å². The Hall–Kier alpha value is -1.62. The number of anilines is 1. The number of nitrogens with zero attached hydrogens (tertiary/aromatic N) is 3. The summed E-state index contributed by atoms with van der Waals surface area (Å²) in [5.41, 5.74) is 1.15. The zero-order chi connectivity index (χ0) is 13.0. The van der Waals surface area contributed by atoms with E-state index in [2.05, 4.69) is 21.3 Å². The number of hydrogen-bond acceptors (Lipinski definition) is 4. The number of amides is 1. The molecule has 0 atom stereocenters. The largest absolute Gasteiger partial charge is 0.347 e. The van der Waals surface area contributed by atoms with Gasteiger partial charge in [-0.3, -0.25) is 4.79 Å². The second-order valence-electron chi connectivity index (χ2n) is 4.65. The fraction of sp³-hybridized carbons (Fsp3) is 0.538. The molecule has 5 nitrogen and oxygen atoms in total. The molecule has 0 saturated carbocycles. The molecule has 5 heteroatoms. The van der Waals surface area contributed by atoms with E-state index in [0.717, 1.165) is 37.4 Å². The smallest absolute Gasteiger partial charge is 0.241 e. The van der Waals surface area contributed by atoms with Gasteiger partial charge in [0.25, 0.3) is 0 Å². The lowest BCUT2D eigenvalue weighted by molar-refractivity contribution is -0.127. The van der Waals surface area contributed by atoms with E-state index >= 15 is 0 Å². The van der Waals surface area contributed by atoms with Crippen molar-refractivity contribution >= 4 is 11.7 Å². The monoisotopic (exact) mass is 248 g/mol. The minimum absolute atomic E-state index is 0.161. The van der Waals surface area contributed by atoms with Crippen LogP contribution >= 0.6 is 0 Å². The number of pyridine rings is 1. The van der Waals surface area contributed by atoms with Gasteiger partial charge < -0.3 is 15.1 Å². The maximum Gasteiger partial charge on any atom is 0.241 e. The Bertz CT molecular complexity index is 404. The molecule has 0 aromatic carbocycles. The Morgan fingerprint density at radius 2 is 2.22 bits per heavy atom. The quantitative estimate of drug-likeness (QED) is 0.845. The second kappa shape index (κ2) is 5.82. The Labute approximate surface area is 108 Å². The van der Waals surface area contributed by atoms with Crippen molar-refractivity contribution in [3.05, 3.63) is 23.9 Å². The van der Waals surface area contributed by atoms with Crippen LogP contribution in [-0.4, -0.2) is 49.5 Å². The first-order valence-corrected chi connectivity index (χ1v) is 6.29. The molecule has 1 amide bonds. The van der Waals surface area contributed by atoms with Crippen molar-refractivity contribution in [3.63, 3.8) is 0 Å². The van der Waals surface area contributed by atoms with Crippen molar-refractivity contribution in [3.8, 4) is 0 Å². The first-order chi connectivity index (χ1) is 8.70. The first-order valence-electron chi connectivity index (χ1n) is 6.29. The minimum Gasteiger partial charge on any atom is -0.347 e. The maximum atomic E-state index is 11.8. The van der Waals surface area contributed by atoms with E-state index in [0.29, 0.717) is 6.54 Å². The molecule has 98 valence electrons. The van der Waals surface area contributed by atoms with Gasteiger partial charge in [-0.25, -0.2) is 4.98 Å². The van der Waals surface area contributed by atoms with Crippen LogP contribution < -0.4 is 10.2 Å². The summed E-state index contributed by atoms with van der Waals surface area (Å²) in [5.74, 6) is 1.05. The highest BCUT2D eigenvalue weighted by Crippen LogP contribution is 2.14. The molecule has 0 radical (unpaired) electrons. The van der Waals surface area contributed by atoms with Crippen LogP contribution in [-0.2, 0) is 11.3 Å². The summed E-state index contributed by atoms with van der Waals surface area (Å²) in [6.45, 7) is 2.95. The van der Waals surface area contributed by atoms with Gasteiger partial charge >= 0.3 is 0 Å². The molecule has 1 fully saturated rings. The molecule has 1 aromatic heterocycles. The van der Waals surface area contributed by atoms with Crippen molar-refractivity contribution in [2.45, 2.75) is 13.0 Å². The van der Waals surface area contributed by atoms with Crippen molar-refractivity contribution < 1.29 is 4.79 Å². The minimum atomic E-state index is 0.161. The number of carbonyl (C=O) groups excluding carboxylic acids is 1. The molecule has 1 aliphatic heterocycles. The van der Waals surface area contributed by atoms with E-state index in [1.807, 2.05) is 26.4 Å². The molecule has 1 aromatic rings. The van der Waals surface area contributed by atoms with Gasteiger partial charge in [0.2, 0.25) is 5.91 Å². The highest BCUT2D eigenvalue weighted by Gasteiger charge is 2.19. The molecule has 2 heterocycles. The van der Waals surface area contributed by atoms with Crippen LogP contribution in [0.25, 0.3) is 0 Å². The van der Waals surface area contributed by atoms with Gasteiger partial charge in [0.1, 0.15) is 5.82 Å². The molecule has 0 spiro atoms. The maximum absolute atomic E-state index is 11.8. The van der Waals surface area contributed by atoms with Gasteiger partial charge in [-0.05, 0) is 25.1 Å². The third kappa shape index (κ3) is 2.98. The SMILES string of the molecule is CNCc1ccc(N2CCCN(C)C(=O)C2)nc1. The summed E-state index contributed by atoms with van der Waals surface area (Å²) in [5, 5.41) is 3.09. The highest BCUT2D eigenvalue weighted by atomic mass is 16.2. The predicted octanol–water partition coefficient (Wildman–Crippen LogP) is 0.470. The fourth-order valence-electron chi connectivity index (χ4n) is 2.09. The Morgan fingerprint density at radius 1 is 1.39 bits per heavy atom. The summed E-state index contributed by atoms with van der Waals surface area (Å²) < 4.78 is 0. The molecular formula is C13H20N4O. The summed E-state index contributed by atoms with van der Waals surface area (Å²) in [7, 11) is 3.77. The zero-order valence-electron chi connectivity index (χ0n) is 11.0. The average Bonchev–Trinajstić information content (AvgIpc) is 2.54. The van der Waals surface area contributed by atoms with Crippen LogP contribution in [0.4, 0.5) is 5.82 Å². The summed E-state index contributed by atoms with van der Waals surface area (Å²) in [6, 6.07) is 4.04. The van der Waals surface area contributed by atoms with Crippen LogP contribution in [0, 0.1) is 0 Å². The molecule has 1 aliphatic rings. The van der Waals surface area contributed by atoms with Crippen LogP contribution in [0.2, 0.25) is 0 Å². The number of aromatic nitrogens is 1. The molecule has 2 rings (SSSR count). The van der Waals surface area contributed by atoms with Gasteiger partial charge in [0.15, 0.2) is 0 Å². The molecular weight excluding hydrogens is 228 g/mol. The highest BCUT2D eigenvalue weighted by molar-refractivity contribution is 5.81. The Balaban J connectivity index is 2.08. The normalized spacial score (nSPS) is 16.9. The average molecular weight is 248 g/mol. The van der Waals surface area contributed by atoms with Crippen molar-refractivity contribution in [1.29, 1.82) is 0 Å². The van der Waals surface area contributed by atoms with Crippen LogP contribution in [0.1, 0.15) is 12.0 Å². The lowest BCUT2D eigenvalue weighted by Gasteiger charge is -2.20. The topological polar surface area (TPSA) is 48.5 Å². The number of rotatable bonds is 3. The lowest BCUT2D eigenvalue weighted by Crippen LogP contribution is -2.34. The molecule has 18 heavy (non-hydrogen) atoms. The second-order valence-corrected chi connectivity index (χ2v) is 4.65. The van der Waals surface area contributed by atoms with E-state index in [-0.39, 0.29) is 5.91 Å². The first kappa shape index (κ1) is 12.8. The third-order valence-corrected chi connectivity index (χ3v) is 3.19. The van der Waals surface area contributed by atoms with E-state index in [9.17, 15) is 4.79 Å². The van der Waals surface area contributed by atoms with Crippen LogP contribution in [0.15, 0.2) is 18.3 Å². The lowest BCUT2D eigenvalue weighted by atomic mass is 10.2. The van der Waals surface area contributed by atoms with E-state index in [1.165, 1.54) is 0 Å². The summed E-state index contributed by atoms with van der Waals surface area (Å²) in [6.07, 6.45) is 2.85. The Morgan fingerprint density at radius 3 is 2.89 bits per heavy atom. The van der Waals surface area contributed by atoms with Crippen LogP contribution in [0.3, 0.4) is 0 Å². The standard InChI is InChI=1S/C13H20N4O/c1-14-8-11-4-5-12(15-9-11)17-7-3-6-16(2)13(18)10-17/h4-5,9,14H,3,6-8,10H2,1-2H3. The number of likely N-dealkylation sites (N-methyl/N-ethyl adjacent to an activating group) is 1. The van der Waals surface area contributed by atoms with Gasteiger partial charge in [-0.1, -0.05) is 6.07 Å². The molecule has 0 bridgehead atoms. The molecule has 1 N–H and O–H groups in total. The summed E-state index contributed by atoms with van der Waals surface area (Å²) in [4.78, 5) is 20.1. The molecule has 1 saturated heterocycles. The van der Waals surface area contributed by atoms with Gasteiger partial charge in [0.05, 0.1) is 6.54 Å². The van der Waals surface area contributed by atoms with E-state index in [4.69, 9.17) is 0 Å². The van der Waals surface area contributed by atoms with Crippen molar-refractivity contribution in [1.82, 2.24) is 15.2 Å². The molecule has 0 unspecified atom stereocenters. The van der Waals surface area contributed by atoms with Gasteiger partial charge in [0, 0.05) is 32.9 Å². The Kier molecular flexibility index (Phi) is 4.15. The van der Waals surface area contributed by atoms with E-state index < -0.39 is 0 Å². The van der Waals surface area contributed by atoms with Crippen molar-refractivity contribution in [2.75, 3.05) is 38.6 Å². The van der Waals surface area contributed by atoms with Crippen molar-refractivity contribution in [2.24, 2.45) is 0 Å². The van der Waals surface area contributed by atoms with Crippen LogP contribution in [0.5, 0.6) is 0 Å². The van der Waals surface area contributed by atoms with Gasteiger partial charge in [-0.2, -0.15) is 0 Å². The van der Waals surface area contributed by atoms with E-state index in [1.54, 1.807) is 4.90 Å².